The molecule has 0 aromatic heterocycles. The fourth-order valence-corrected chi connectivity index (χ4v) is 26.8. The molecule has 0 spiro atoms. The van der Waals surface area contributed by atoms with Crippen LogP contribution in [0.3, 0.4) is 0 Å². The summed E-state index contributed by atoms with van der Waals surface area (Å²) >= 11 is 0. The third-order valence-corrected chi connectivity index (χ3v) is 31.5. The van der Waals surface area contributed by atoms with Crippen molar-refractivity contribution in [3.63, 3.8) is 0 Å². The molecule has 0 saturated carbocycles. The molecule has 0 nitrogen and oxygen atoms in total. The Morgan fingerprint density at radius 2 is 0.376 bits per heavy atom. The molecule has 486 valence electrons. The SMILES string of the molecule is CC(C)P(c1ccc[cH-]1)C(C)C.CC(C)P(c1ccc[cH-]1)C(C)C.CC(C)P(c1ccccc1)c1ccc[cH-]1.CC(C)P(c1ccccc1)c1ccc[cH-]1.[Fe+2].[Fe+2].[Fe+2].c1ccc(P(c2ccccc2)c2ccc[cH-]2)cc1.c1ccc(P(c2ccccc2)c2ccc[cH-]2)cc1. The van der Waals surface area contributed by atoms with Crippen LogP contribution in [0.4, 0.5) is 0 Å². The van der Waals surface area contributed by atoms with E-state index in [4.69, 9.17) is 0 Å². The van der Waals surface area contributed by atoms with Crippen LogP contribution in [0.2, 0.25) is 0 Å². The van der Waals surface area contributed by atoms with Crippen molar-refractivity contribution >= 4 is 111 Å². The van der Waals surface area contributed by atoms with Crippen molar-refractivity contribution in [2.75, 3.05) is 0 Å². The quantitative estimate of drug-likeness (QED) is 0.0456. The van der Waals surface area contributed by atoms with Crippen LogP contribution < -0.4 is 63.7 Å². The van der Waals surface area contributed by atoms with Gasteiger partial charge in [0.25, 0.3) is 0 Å². The molecule has 9 heteroatoms. The normalized spacial score (nSPS) is 11.4. The molecule has 0 fully saturated rings. The summed E-state index contributed by atoms with van der Waals surface area (Å²) in [5, 5.41) is 17.5. The minimum atomic E-state index is -0.409. The zero-order chi connectivity index (χ0) is 64.0. The Kier molecular flexibility index (Phi) is 38.7. The van der Waals surface area contributed by atoms with Gasteiger partial charge in [-0.15, -0.1) is 31.8 Å². The third-order valence-electron chi connectivity index (χ3n) is 14.9. The fourth-order valence-electron chi connectivity index (χ4n) is 11.4. The molecule has 2 atom stereocenters. The van der Waals surface area contributed by atoms with Gasteiger partial charge < -0.3 is 0 Å². The molecule has 0 heterocycles. The first kappa shape index (κ1) is 81.0. The van der Waals surface area contributed by atoms with Crippen molar-refractivity contribution < 1.29 is 51.2 Å². The fraction of sp³-hybridized carbons (Fsp3) is 0.214. The van der Waals surface area contributed by atoms with Gasteiger partial charge in [0.1, 0.15) is 0 Å². The maximum absolute atomic E-state index is 2.33. The van der Waals surface area contributed by atoms with Gasteiger partial charge in [-0.25, -0.2) is 72.8 Å². The molecule has 0 bridgehead atoms. The monoisotopic (exact) mass is 1460 g/mol. The Balaban J connectivity index is 0.000000238. The molecule has 93 heavy (non-hydrogen) atoms. The largest absolute Gasteiger partial charge is 2.00 e. The first-order valence-corrected chi connectivity index (χ1v) is 40.6. The molecule has 0 N–H and O–H groups in total. The molecule has 0 radical (unpaired) electrons. The van der Waals surface area contributed by atoms with E-state index in [1.54, 1.807) is 10.6 Å². The van der Waals surface area contributed by atoms with E-state index in [2.05, 4.69) is 411 Å². The van der Waals surface area contributed by atoms with E-state index in [0.29, 0.717) is 11.3 Å². The zero-order valence-electron chi connectivity index (χ0n) is 56.4. The maximum atomic E-state index is 2.33. The predicted molar refractivity (Wildman–Crippen MR) is 419 cm³/mol. The van der Waals surface area contributed by atoms with Gasteiger partial charge >= 0.3 is 51.2 Å². The van der Waals surface area contributed by atoms with Crippen molar-refractivity contribution in [1.29, 1.82) is 0 Å². The number of hydrogen-bond acceptors (Lipinski definition) is 0. The molecule has 0 saturated heterocycles. The first-order chi connectivity index (χ1) is 43.7. The minimum Gasteiger partial charge on any atom is -0.213 e. The summed E-state index contributed by atoms with van der Waals surface area (Å²) in [4.78, 5) is 0. The van der Waals surface area contributed by atoms with Crippen molar-refractivity contribution in [3.05, 3.63) is 328 Å². The molecule has 12 aromatic rings. The molecule has 0 amide bonds. The van der Waals surface area contributed by atoms with Crippen LogP contribution in [0.15, 0.2) is 328 Å². The van der Waals surface area contributed by atoms with Crippen LogP contribution in [0.5, 0.6) is 0 Å². The summed E-state index contributed by atoms with van der Waals surface area (Å²) in [6.07, 6.45) is 0. The van der Waals surface area contributed by atoms with Gasteiger partial charge in [0.2, 0.25) is 0 Å². The van der Waals surface area contributed by atoms with Crippen molar-refractivity contribution in [2.45, 2.75) is 117 Å². The molecule has 12 rings (SSSR count). The van der Waals surface area contributed by atoms with Gasteiger partial charge in [0, 0.05) is 0 Å². The second kappa shape index (κ2) is 44.4. The predicted octanol–water partition coefficient (Wildman–Crippen LogP) is 19.5. The Bertz CT molecular complexity index is 3270. The molecular weight excluding hydrogens is 1360 g/mol. The Labute approximate surface area is 601 Å². The van der Waals surface area contributed by atoms with Gasteiger partial charge in [0.15, 0.2) is 0 Å². The maximum Gasteiger partial charge on any atom is 2.00 e. The van der Waals surface area contributed by atoms with E-state index in [1.807, 2.05) is 0 Å². The standard InChI is InChI=1S/2C17H14P.2C14H16P.2C11H18P.3Fe/c2*1-3-9-15(10-4-1)18(17-13-7-8-14-17)16-11-5-2-6-12-16;2*1-12(2)15(14-10-6-7-11-14)13-8-4-3-5-9-13;2*1-9(2)12(10(3)4)11-7-5-6-8-11;;;/h2*1-14H;2*3-12H,1-2H3;2*5-10H,1-4H3;;;/q6*-1;3*+2. The Morgan fingerprint density at radius 1 is 0.194 bits per heavy atom. The summed E-state index contributed by atoms with van der Waals surface area (Å²) in [7, 11) is -1.04. The Morgan fingerprint density at radius 3 is 0.548 bits per heavy atom. The summed E-state index contributed by atoms with van der Waals surface area (Å²) in [6, 6.07) is 117. The van der Waals surface area contributed by atoms with E-state index in [1.165, 1.54) is 53.0 Å². The zero-order valence-corrected chi connectivity index (χ0v) is 65.1. The summed E-state index contributed by atoms with van der Waals surface area (Å²) in [5.74, 6) is 0. The molecule has 0 aliphatic heterocycles. The van der Waals surface area contributed by atoms with E-state index in [9.17, 15) is 0 Å². The van der Waals surface area contributed by atoms with E-state index >= 15 is 0 Å². The van der Waals surface area contributed by atoms with E-state index < -0.39 is 15.8 Å². The van der Waals surface area contributed by atoms with Crippen molar-refractivity contribution in [3.8, 4) is 0 Å². The first-order valence-electron chi connectivity index (χ1n) is 32.1. The van der Waals surface area contributed by atoms with Crippen LogP contribution in [0.1, 0.15) is 83.1 Å². The van der Waals surface area contributed by atoms with E-state index in [0.717, 1.165) is 22.6 Å². The summed E-state index contributed by atoms with van der Waals surface area (Å²) in [6.45, 7) is 27.9. The van der Waals surface area contributed by atoms with Gasteiger partial charge in [-0.2, -0.15) is 72.8 Å². The number of rotatable bonds is 18. The van der Waals surface area contributed by atoms with Gasteiger partial charge in [0.05, 0.1) is 0 Å². The average Bonchev–Trinajstić information content (AvgIpc) is 1.89. The van der Waals surface area contributed by atoms with Gasteiger partial charge in [-0.1, -0.05) is 297 Å². The van der Waals surface area contributed by atoms with E-state index in [-0.39, 0.29) is 82.9 Å². The second-order valence-electron chi connectivity index (χ2n) is 23.7. The third kappa shape index (κ3) is 25.8. The summed E-state index contributed by atoms with van der Waals surface area (Å²) < 4.78 is 0. The van der Waals surface area contributed by atoms with Crippen LogP contribution in [0, 0.1) is 0 Å². The topological polar surface area (TPSA) is 0 Å². The molecule has 12 aromatic carbocycles. The van der Waals surface area contributed by atoms with Crippen LogP contribution in [-0.2, 0) is 51.2 Å². The molecule has 0 aliphatic carbocycles. The van der Waals surface area contributed by atoms with Crippen LogP contribution in [0.25, 0.3) is 0 Å². The smallest absolute Gasteiger partial charge is 0.213 e. The van der Waals surface area contributed by atoms with Crippen molar-refractivity contribution in [2.24, 2.45) is 0 Å². The second-order valence-corrected chi connectivity index (χ2v) is 40.5. The molecule has 0 aliphatic rings. The Hall–Kier alpha value is -4.44. The number of benzene rings is 6. The van der Waals surface area contributed by atoms with Crippen LogP contribution in [-0.4, -0.2) is 34.0 Å². The van der Waals surface area contributed by atoms with Gasteiger partial charge in [-0.05, 0) is 81.6 Å². The minimum absolute atomic E-state index is 0. The van der Waals surface area contributed by atoms with Crippen LogP contribution >= 0.6 is 47.5 Å². The molecule has 2 unspecified atom stereocenters. The van der Waals surface area contributed by atoms with Gasteiger partial charge in [-0.3, -0.25) is 0 Å². The summed E-state index contributed by atoms with van der Waals surface area (Å²) in [5.41, 5.74) is 4.63. The molecular formula is C84H96Fe3P6. The van der Waals surface area contributed by atoms with Crippen molar-refractivity contribution in [1.82, 2.24) is 0 Å². The number of hydrogen-bond donors (Lipinski definition) is 0. The average molecular weight is 1460 g/mol.